The summed E-state index contributed by atoms with van der Waals surface area (Å²) in [6, 6.07) is 3.61. The number of carbonyl (C=O) groups is 2. The minimum absolute atomic E-state index is 0.184. The minimum atomic E-state index is -0.892. The Balaban J connectivity index is 2.41. The summed E-state index contributed by atoms with van der Waals surface area (Å²) in [6.07, 6.45) is -1.10. The van der Waals surface area contributed by atoms with Gasteiger partial charge in [-0.2, -0.15) is 0 Å². The summed E-state index contributed by atoms with van der Waals surface area (Å²) in [6.45, 7) is 1.61. The molecule has 0 aliphatic rings. The average molecular weight is 406 g/mol. The highest BCUT2D eigenvalue weighted by Crippen LogP contribution is 2.32. The van der Waals surface area contributed by atoms with Crippen LogP contribution in [-0.2, 0) is 20.6 Å². The first-order valence-corrected chi connectivity index (χ1v) is 7.91. The van der Waals surface area contributed by atoms with Crippen molar-refractivity contribution in [2.45, 2.75) is 13.3 Å². The van der Waals surface area contributed by atoms with Gasteiger partial charge in [0.2, 0.25) is 6.79 Å². The highest BCUT2D eigenvalue weighted by molar-refractivity contribution is 9.10. The fourth-order valence-corrected chi connectivity index (χ4v) is 2.24. The number of hydrogen-bond donors (Lipinski definition) is 1. The standard InChI is InChI=1S/C15H20BrNO7/c1-4-22-15(19)24-9-23-14(18)17-6-5-10-7-13(21-3)11(16)8-12(10)20-2/h7-8H,4-6,9H2,1-3H3,(H,17,18). The van der Waals surface area contributed by atoms with Crippen LogP contribution in [0, 0.1) is 0 Å². The van der Waals surface area contributed by atoms with E-state index in [0.29, 0.717) is 24.5 Å². The van der Waals surface area contributed by atoms with Crippen LogP contribution in [0.1, 0.15) is 12.5 Å². The van der Waals surface area contributed by atoms with Crippen molar-refractivity contribution < 1.29 is 33.3 Å². The van der Waals surface area contributed by atoms with Gasteiger partial charge < -0.3 is 29.0 Å². The van der Waals surface area contributed by atoms with Crippen molar-refractivity contribution in [3.8, 4) is 11.5 Å². The van der Waals surface area contributed by atoms with Gasteiger partial charge >= 0.3 is 12.2 Å². The van der Waals surface area contributed by atoms with E-state index in [-0.39, 0.29) is 6.61 Å². The van der Waals surface area contributed by atoms with Gasteiger partial charge in [-0.25, -0.2) is 9.59 Å². The summed E-state index contributed by atoms with van der Waals surface area (Å²) in [4.78, 5) is 22.4. The van der Waals surface area contributed by atoms with Crippen molar-refractivity contribution in [2.75, 3.05) is 34.2 Å². The van der Waals surface area contributed by atoms with E-state index in [1.54, 1.807) is 27.2 Å². The van der Waals surface area contributed by atoms with Crippen LogP contribution < -0.4 is 14.8 Å². The summed E-state index contributed by atoms with van der Waals surface area (Å²) in [5.41, 5.74) is 0.862. The molecule has 0 heterocycles. The first kappa shape index (κ1) is 19.9. The molecule has 0 spiro atoms. The second-order valence-electron chi connectivity index (χ2n) is 4.35. The van der Waals surface area contributed by atoms with E-state index in [9.17, 15) is 9.59 Å². The smallest absolute Gasteiger partial charge is 0.496 e. The van der Waals surface area contributed by atoms with E-state index in [1.165, 1.54) is 0 Å². The maximum absolute atomic E-state index is 11.5. The van der Waals surface area contributed by atoms with Crippen LogP contribution in [-0.4, -0.2) is 46.4 Å². The maximum atomic E-state index is 11.5. The van der Waals surface area contributed by atoms with Gasteiger partial charge in [0.05, 0.1) is 25.3 Å². The molecule has 134 valence electrons. The van der Waals surface area contributed by atoms with Crippen LogP contribution in [0.3, 0.4) is 0 Å². The van der Waals surface area contributed by atoms with E-state index in [2.05, 4.69) is 35.5 Å². The third kappa shape index (κ3) is 6.53. The van der Waals surface area contributed by atoms with E-state index in [0.717, 1.165) is 10.0 Å². The summed E-state index contributed by atoms with van der Waals surface area (Å²) in [7, 11) is 3.13. The molecule has 1 aromatic carbocycles. The second-order valence-corrected chi connectivity index (χ2v) is 5.21. The molecule has 0 unspecified atom stereocenters. The highest BCUT2D eigenvalue weighted by atomic mass is 79.9. The van der Waals surface area contributed by atoms with Crippen molar-refractivity contribution in [3.63, 3.8) is 0 Å². The lowest BCUT2D eigenvalue weighted by Gasteiger charge is -2.13. The largest absolute Gasteiger partial charge is 0.511 e. The van der Waals surface area contributed by atoms with Gasteiger partial charge in [0.1, 0.15) is 11.5 Å². The monoisotopic (exact) mass is 405 g/mol. The Morgan fingerprint density at radius 3 is 2.42 bits per heavy atom. The van der Waals surface area contributed by atoms with Crippen LogP contribution in [0.15, 0.2) is 16.6 Å². The lowest BCUT2D eigenvalue weighted by molar-refractivity contribution is -0.0129. The molecular formula is C15H20BrNO7. The van der Waals surface area contributed by atoms with Crippen molar-refractivity contribution in [1.29, 1.82) is 0 Å². The molecule has 1 rings (SSSR count). The van der Waals surface area contributed by atoms with Gasteiger partial charge in [-0.05, 0) is 47.0 Å². The average Bonchev–Trinajstić information content (AvgIpc) is 2.56. The van der Waals surface area contributed by atoms with E-state index < -0.39 is 19.0 Å². The summed E-state index contributed by atoms with van der Waals surface area (Å²) >= 11 is 3.38. The Morgan fingerprint density at radius 2 is 1.79 bits per heavy atom. The molecule has 8 nitrogen and oxygen atoms in total. The number of carbonyl (C=O) groups excluding carboxylic acids is 2. The van der Waals surface area contributed by atoms with Crippen LogP contribution in [0.4, 0.5) is 9.59 Å². The molecule has 1 amide bonds. The Morgan fingerprint density at radius 1 is 1.08 bits per heavy atom. The quantitative estimate of drug-likeness (QED) is 0.524. The number of methoxy groups -OCH3 is 2. The third-order valence-electron chi connectivity index (χ3n) is 2.85. The van der Waals surface area contributed by atoms with Crippen LogP contribution in [0.5, 0.6) is 11.5 Å². The normalized spacial score (nSPS) is 9.83. The topological polar surface area (TPSA) is 92.3 Å². The highest BCUT2D eigenvalue weighted by Gasteiger charge is 2.11. The number of halogens is 1. The van der Waals surface area contributed by atoms with Crippen molar-refractivity contribution in [1.82, 2.24) is 5.32 Å². The number of nitrogens with one attached hydrogen (secondary N) is 1. The van der Waals surface area contributed by atoms with Gasteiger partial charge in [-0.3, -0.25) is 0 Å². The number of rotatable bonds is 8. The van der Waals surface area contributed by atoms with Crippen molar-refractivity contribution in [3.05, 3.63) is 22.2 Å². The summed E-state index contributed by atoms with van der Waals surface area (Å²) in [5, 5.41) is 2.54. The predicted molar refractivity (Wildman–Crippen MR) is 88.4 cm³/mol. The lowest BCUT2D eigenvalue weighted by Crippen LogP contribution is -2.28. The first-order valence-electron chi connectivity index (χ1n) is 7.12. The van der Waals surface area contributed by atoms with Gasteiger partial charge in [-0.15, -0.1) is 0 Å². The van der Waals surface area contributed by atoms with Crippen molar-refractivity contribution >= 4 is 28.2 Å². The van der Waals surface area contributed by atoms with Crippen LogP contribution in [0.2, 0.25) is 0 Å². The Labute approximate surface area is 148 Å². The molecule has 0 atom stereocenters. The summed E-state index contributed by atoms with van der Waals surface area (Å²) < 4.78 is 25.0. The second kappa shape index (κ2) is 10.6. The molecule has 0 bridgehead atoms. The Kier molecular flexibility index (Phi) is 8.77. The Hall–Kier alpha value is -2.16. The molecule has 0 saturated carbocycles. The predicted octanol–water partition coefficient (Wildman–Crippen LogP) is 2.87. The first-order chi connectivity index (χ1) is 11.5. The summed E-state index contributed by atoms with van der Waals surface area (Å²) in [5.74, 6) is 1.33. The molecular weight excluding hydrogens is 386 g/mol. The number of ether oxygens (including phenoxy) is 5. The fraction of sp³-hybridized carbons (Fsp3) is 0.467. The molecule has 24 heavy (non-hydrogen) atoms. The fourth-order valence-electron chi connectivity index (χ4n) is 1.76. The molecule has 9 heteroatoms. The van der Waals surface area contributed by atoms with Gasteiger partial charge in [-0.1, -0.05) is 0 Å². The third-order valence-corrected chi connectivity index (χ3v) is 3.47. The molecule has 0 radical (unpaired) electrons. The van der Waals surface area contributed by atoms with Crippen LogP contribution >= 0.6 is 15.9 Å². The zero-order valence-electron chi connectivity index (χ0n) is 13.7. The lowest BCUT2D eigenvalue weighted by atomic mass is 10.1. The van der Waals surface area contributed by atoms with E-state index in [1.807, 2.05) is 6.07 Å². The van der Waals surface area contributed by atoms with E-state index >= 15 is 0 Å². The van der Waals surface area contributed by atoms with Gasteiger partial charge in [0.25, 0.3) is 0 Å². The Bertz CT molecular complexity index is 565. The van der Waals surface area contributed by atoms with Gasteiger partial charge in [0, 0.05) is 6.54 Å². The van der Waals surface area contributed by atoms with Gasteiger partial charge in [0.15, 0.2) is 0 Å². The molecule has 0 aliphatic heterocycles. The maximum Gasteiger partial charge on any atom is 0.511 e. The number of alkyl carbamates (subject to hydrolysis) is 1. The molecule has 0 fully saturated rings. The molecule has 0 aliphatic carbocycles. The molecule has 1 aromatic rings. The zero-order valence-corrected chi connectivity index (χ0v) is 15.3. The molecule has 0 saturated heterocycles. The number of hydrogen-bond acceptors (Lipinski definition) is 7. The SMILES string of the molecule is CCOC(=O)OCOC(=O)NCCc1cc(OC)c(Br)cc1OC. The van der Waals surface area contributed by atoms with E-state index in [4.69, 9.17) is 9.47 Å². The molecule has 0 aromatic heterocycles. The minimum Gasteiger partial charge on any atom is -0.496 e. The molecule has 1 N–H and O–H groups in total. The van der Waals surface area contributed by atoms with Crippen molar-refractivity contribution in [2.24, 2.45) is 0 Å². The number of amides is 1. The number of benzene rings is 1. The zero-order chi connectivity index (χ0) is 17.9. The van der Waals surface area contributed by atoms with Crippen LogP contribution in [0.25, 0.3) is 0 Å².